The minimum atomic E-state index is -4.43. The highest BCUT2D eigenvalue weighted by atomic mass is 35.5. The Labute approximate surface area is 285 Å². The largest absolute Gasteiger partial charge is 0.486 e. The predicted octanol–water partition coefficient (Wildman–Crippen LogP) is 6.00. The quantitative estimate of drug-likeness (QED) is 0.163. The summed E-state index contributed by atoms with van der Waals surface area (Å²) in [6.07, 6.45) is 1.77. The molecule has 0 radical (unpaired) electrons. The lowest BCUT2D eigenvalue weighted by Gasteiger charge is -2.34. The second-order valence-electron chi connectivity index (χ2n) is 11.3. The first-order chi connectivity index (χ1) is 23.2. The van der Waals surface area contributed by atoms with Crippen molar-refractivity contribution in [3.8, 4) is 11.5 Å². The summed E-state index contributed by atoms with van der Waals surface area (Å²) in [4.78, 5) is 29.6. The third-order valence-electron chi connectivity index (χ3n) is 7.89. The number of carbonyl (C=O) groups is 2. The molecule has 0 unspecified atom stereocenters. The molecule has 1 aliphatic rings. The van der Waals surface area contributed by atoms with Crippen molar-refractivity contribution in [2.45, 2.75) is 43.7 Å². The van der Waals surface area contributed by atoms with E-state index >= 15 is 0 Å². The summed E-state index contributed by atoms with van der Waals surface area (Å²) >= 11 is 6.54. The maximum atomic E-state index is 14.6. The molecule has 0 saturated heterocycles. The minimum absolute atomic E-state index is 0.0596. The van der Waals surface area contributed by atoms with Gasteiger partial charge in [-0.05, 0) is 60.0 Å². The number of nitrogens with zero attached hydrogens (tertiary/aromatic N) is 2. The molecular formula is C36H37ClFN3O6S. The van der Waals surface area contributed by atoms with E-state index in [1.54, 1.807) is 24.3 Å². The molecule has 0 aliphatic carbocycles. The second-order valence-corrected chi connectivity index (χ2v) is 13.5. The van der Waals surface area contributed by atoms with Gasteiger partial charge in [0.2, 0.25) is 11.8 Å². The van der Waals surface area contributed by atoms with E-state index in [-0.39, 0.29) is 41.8 Å². The van der Waals surface area contributed by atoms with Gasteiger partial charge in [-0.25, -0.2) is 12.8 Å². The lowest BCUT2D eigenvalue weighted by molar-refractivity contribution is -0.140. The summed E-state index contributed by atoms with van der Waals surface area (Å²) < 4.78 is 54.7. The van der Waals surface area contributed by atoms with Crippen molar-refractivity contribution in [2.75, 3.05) is 30.6 Å². The van der Waals surface area contributed by atoms with Crippen molar-refractivity contribution in [3.63, 3.8) is 0 Å². The molecule has 4 aromatic rings. The molecule has 12 heteroatoms. The molecule has 2 amide bonds. The molecule has 0 saturated carbocycles. The Morgan fingerprint density at radius 2 is 1.60 bits per heavy atom. The van der Waals surface area contributed by atoms with E-state index in [0.717, 1.165) is 34.8 Å². The van der Waals surface area contributed by atoms with Crippen LogP contribution in [0, 0.1) is 5.82 Å². The fraction of sp³-hybridized carbons (Fsp3) is 0.278. The maximum absolute atomic E-state index is 14.6. The number of hydrogen-bond acceptors (Lipinski definition) is 6. The third kappa shape index (κ3) is 8.45. The molecule has 0 spiro atoms. The van der Waals surface area contributed by atoms with Crippen LogP contribution in [0.3, 0.4) is 0 Å². The Hall–Kier alpha value is -4.61. The van der Waals surface area contributed by atoms with Crippen LogP contribution in [0.15, 0.2) is 102 Å². The van der Waals surface area contributed by atoms with Gasteiger partial charge in [-0.2, -0.15) is 0 Å². The van der Waals surface area contributed by atoms with Gasteiger partial charge in [-0.15, -0.1) is 0 Å². The first-order valence-electron chi connectivity index (χ1n) is 15.7. The molecule has 1 atom stereocenters. The van der Waals surface area contributed by atoms with Crippen molar-refractivity contribution in [1.82, 2.24) is 10.2 Å². The van der Waals surface area contributed by atoms with Gasteiger partial charge in [0.05, 0.1) is 10.6 Å². The molecular weight excluding hydrogens is 657 g/mol. The number of unbranched alkanes of at least 4 members (excludes halogenated alkanes) is 1. The molecule has 1 aliphatic heterocycles. The van der Waals surface area contributed by atoms with Gasteiger partial charge in [0.1, 0.15) is 31.6 Å². The highest BCUT2D eigenvalue weighted by Crippen LogP contribution is 2.34. The van der Waals surface area contributed by atoms with Crippen molar-refractivity contribution in [1.29, 1.82) is 0 Å². The van der Waals surface area contributed by atoms with Crippen molar-refractivity contribution < 1.29 is 31.9 Å². The van der Waals surface area contributed by atoms with Crippen LogP contribution in [0.25, 0.3) is 0 Å². The molecule has 4 aromatic carbocycles. The van der Waals surface area contributed by atoms with E-state index in [9.17, 15) is 22.4 Å². The maximum Gasteiger partial charge on any atom is 0.264 e. The van der Waals surface area contributed by atoms with Gasteiger partial charge in [0.25, 0.3) is 10.0 Å². The lowest BCUT2D eigenvalue weighted by Crippen LogP contribution is -2.53. The van der Waals surface area contributed by atoms with E-state index < -0.39 is 34.3 Å². The summed E-state index contributed by atoms with van der Waals surface area (Å²) in [7, 11) is -4.43. The Kier molecular flexibility index (Phi) is 11.6. The summed E-state index contributed by atoms with van der Waals surface area (Å²) in [6, 6.07) is 24.2. The molecule has 252 valence electrons. The number of ether oxygens (including phenoxy) is 2. The zero-order valence-electron chi connectivity index (χ0n) is 26.5. The number of amides is 2. The van der Waals surface area contributed by atoms with Gasteiger partial charge >= 0.3 is 0 Å². The molecule has 1 N–H and O–H groups in total. The number of fused-ring (bicyclic) bond motifs is 1. The number of carbonyl (C=O) groups excluding carboxylic acids is 2. The van der Waals surface area contributed by atoms with E-state index in [1.165, 1.54) is 35.2 Å². The number of benzene rings is 4. The van der Waals surface area contributed by atoms with E-state index in [2.05, 4.69) is 5.32 Å². The van der Waals surface area contributed by atoms with Crippen LogP contribution < -0.4 is 19.1 Å². The van der Waals surface area contributed by atoms with Crippen LogP contribution in [0.4, 0.5) is 10.1 Å². The van der Waals surface area contributed by atoms with Crippen LogP contribution in [0.1, 0.15) is 30.9 Å². The highest BCUT2D eigenvalue weighted by Gasteiger charge is 2.35. The van der Waals surface area contributed by atoms with Gasteiger partial charge < -0.3 is 19.7 Å². The average Bonchev–Trinajstić information content (AvgIpc) is 3.10. The zero-order valence-corrected chi connectivity index (χ0v) is 28.1. The molecule has 0 fully saturated rings. The standard InChI is InChI=1S/C36H37ClFN3O6S/c1-2-3-19-39-36(43)32(22-26-9-5-4-6-10-26)40(24-27-11-7-8-12-31(27)37)35(42)25-41(29-15-13-28(38)14-16-29)48(44,45)30-17-18-33-34(23-30)47-21-20-46-33/h4-18,23,32H,2-3,19-22,24-25H2,1H3,(H,39,43)/t32-/m1/s1. The molecule has 9 nitrogen and oxygen atoms in total. The highest BCUT2D eigenvalue weighted by molar-refractivity contribution is 7.92. The van der Waals surface area contributed by atoms with E-state index in [0.29, 0.717) is 29.5 Å². The SMILES string of the molecule is CCCCNC(=O)[C@@H](Cc1ccccc1)N(Cc1ccccc1Cl)C(=O)CN(c1ccc(F)cc1)S(=O)(=O)c1ccc2c(c1)OCCO2. The number of anilines is 1. The van der Waals surface area contributed by atoms with Crippen molar-refractivity contribution in [2.24, 2.45) is 0 Å². The summed E-state index contributed by atoms with van der Waals surface area (Å²) in [5.41, 5.74) is 1.45. The normalized spacial score (nSPS) is 13.0. The summed E-state index contributed by atoms with van der Waals surface area (Å²) in [5.74, 6) is -0.968. The van der Waals surface area contributed by atoms with Crippen molar-refractivity contribution >= 4 is 39.1 Å². The summed E-state index contributed by atoms with van der Waals surface area (Å²) in [6.45, 7) is 2.23. The van der Waals surface area contributed by atoms with Crippen LogP contribution in [0.2, 0.25) is 5.02 Å². The Morgan fingerprint density at radius 1 is 0.917 bits per heavy atom. The predicted molar refractivity (Wildman–Crippen MR) is 182 cm³/mol. The molecule has 5 rings (SSSR count). The van der Waals surface area contributed by atoms with Gasteiger partial charge in [-0.1, -0.05) is 73.5 Å². The summed E-state index contributed by atoms with van der Waals surface area (Å²) in [5, 5.41) is 3.34. The third-order valence-corrected chi connectivity index (χ3v) is 10.0. The Balaban J connectivity index is 1.57. The first kappa shape index (κ1) is 34.7. The molecule has 1 heterocycles. The van der Waals surface area contributed by atoms with Gasteiger partial charge in [-0.3, -0.25) is 13.9 Å². The fourth-order valence-electron chi connectivity index (χ4n) is 5.32. The fourth-order valence-corrected chi connectivity index (χ4v) is 6.94. The smallest absolute Gasteiger partial charge is 0.264 e. The second kappa shape index (κ2) is 16.0. The molecule has 0 aromatic heterocycles. The number of rotatable bonds is 14. The number of halogens is 2. The van der Waals surface area contributed by atoms with Gasteiger partial charge in [0, 0.05) is 30.6 Å². The van der Waals surface area contributed by atoms with Crippen LogP contribution in [-0.4, -0.2) is 57.5 Å². The van der Waals surface area contributed by atoms with E-state index in [4.69, 9.17) is 21.1 Å². The number of nitrogens with one attached hydrogen (secondary N) is 1. The number of sulfonamides is 1. The minimum Gasteiger partial charge on any atom is -0.486 e. The molecule has 48 heavy (non-hydrogen) atoms. The topological polar surface area (TPSA) is 105 Å². The number of hydrogen-bond donors (Lipinski definition) is 1. The lowest BCUT2D eigenvalue weighted by atomic mass is 10.0. The first-order valence-corrected chi connectivity index (χ1v) is 17.5. The van der Waals surface area contributed by atoms with E-state index in [1.807, 2.05) is 37.3 Å². The van der Waals surface area contributed by atoms with Crippen LogP contribution in [-0.2, 0) is 32.6 Å². The average molecular weight is 694 g/mol. The van der Waals surface area contributed by atoms with Crippen LogP contribution in [0.5, 0.6) is 11.5 Å². The van der Waals surface area contributed by atoms with Crippen LogP contribution >= 0.6 is 11.6 Å². The van der Waals surface area contributed by atoms with Gasteiger partial charge in [0.15, 0.2) is 11.5 Å². The Morgan fingerprint density at radius 3 is 2.31 bits per heavy atom. The van der Waals surface area contributed by atoms with Crippen molar-refractivity contribution in [3.05, 3.63) is 119 Å². The monoisotopic (exact) mass is 693 g/mol. The zero-order chi connectivity index (χ0) is 34.1. The molecule has 0 bridgehead atoms. The Bertz CT molecular complexity index is 1830.